The average Bonchev–Trinajstić information content (AvgIpc) is 2.31. The van der Waals surface area contributed by atoms with Gasteiger partial charge in [0.15, 0.2) is 5.96 Å². The zero-order valence-corrected chi connectivity index (χ0v) is 10.3. The summed E-state index contributed by atoms with van der Waals surface area (Å²) in [4.78, 5) is 12.7. The first-order valence-corrected chi connectivity index (χ1v) is 5.26. The molecule has 0 spiro atoms. The zero-order chi connectivity index (χ0) is 15.8. The summed E-state index contributed by atoms with van der Waals surface area (Å²) >= 11 is 0. The molecule has 0 aliphatic rings. The van der Waals surface area contributed by atoms with Crippen LogP contribution in [-0.4, -0.2) is 34.9 Å². The lowest BCUT2D eigenvalue weighted by Gasteiger charge is -1.98. The van der Waals surface area contributed by atoms with Crippen LogP contribution in [0.5, 0.6) is 5.75 Å². The minimum absolute atomic E-state index is 0.110. The number of phenolic OH excluding ortho intramolecular Hbond substituents is 1. The van der Waals surface area contributed by atoms with Crippen molar-refractivity contribution in [3.05, 3.63) is 29.8 Å². The second-order valence-corrected chi connectivity index (χ2v) is 3.53. The van der Waals surface area contributed by atoms with Crippen molar-refractivity contribution >= 4 is 11.9 Å². The van der Waals surface area contributed by atoms with Crippen molar-refractivity contribution in [2.45, 2.75) is 12.6 Å². The highest BCUT2D eigenvalue weighted by Crippen LogP contribution is 2.13. The van der Waals surface area contributed by atoms with Gasteiger partial charge in [0.25, 0.3) is 0 Å². The van der Waals surface area contributed by atoms with Gasteiger partial charge in [0, 0.05) is 6.54 Å². The SMILES string of the molecule is NC(N)=NCCc1ccc(O)cc1.O=C(O)C(F)(F)F. The molecule has 0 atom stereocenters. The van der Waals surface area contributed by atoms with E-state index < -0.39 is 12.1 Å². The standard InChI is InChI=1S/C9H13N3O.C2HF3O2/c10-9(11)12-6-5-7-1-3-8(13)4-2-7;3-2(4,5)1(6)7/h1-4,13H,5-6H2,(H4,10,11,12);(H,6,7). The predicted molar refractivity (Wildman–Crippen MR) is 66.2 cm³/mol. The number of aliphatic imine (C=N–C) groups is 1. The summed E-state index contributed by atoms with van der Waals surface area (Å²) in [7, 11) is 0. The molecule has 1 aromatic carbocycles. The van der Waals surface area contributed by atoms with Crippen LogP contribution >= 0.6 is 0 Å². The molecule has 6 nitrogen and oxygen atoms in total. The highest BCUT2D eigenvalue weighted by atomic mass is 19.4. The summed E-state index contributed by atoms with van der Waals surface area (Å²) in [5.74, 6) is -2.38. The Morgan fingerprint density at radius 2 is 1.65 bits per heavy atom. The predicted octanol–water partition coefficient (Wildman–Crippen LogP) is 0.841. The largest absolute Gasteiger partial charge is 0.508 e. The van der Waals surface area contributed by atoms with E-state index in [0.29, 0.717) is 6.54 Å². The Bertz CT molecular complexity index is 454. The lowest BCUT2D eigenvalue weighted by atomic mass is 10.1. The Balaban J connectivity index is 0.000000441. The maximum atomic E-state index is 10.6. The summed E-state index contributed by atoms with van der Waals surface area (Å²) in [5.41, 5.74) is 11.4. The number of rotatable bonds is 3. The number of carboxylic acids is 1. The molecule has 0 fully saturated rings. The normalized spacial score (nSPS) is 10.2. The van der Waals surface area contributed by atoms with E-state index in [-0.39, 0.29) is 11.7 Å². The Kier molecular flexibility index (Phi) is 6.91. The third-order valence-electron chi connectivity index (χ3n) is 1.87. The number of carboxylic acid groups (broad SMARTS) is 1. The minimum atomic E-state index is -5.08. The summed E-state index contributed by atoms with van der Waals surface area (Å²) in [5, 5.41) is 16.1. The van der Waals surface area contributed by atoms with Crippen molar-refractivity contribution in [2.75, 3.05) is 6.54 Å². The number of aliphatic carboxylic acids is 1. The molecule has 20 heavy (non-hydrogen) atoms. The Labute approximate surface area is 112 Å². The van der Waals surface area contributed by atoms with Crippen LogP contribution in [0.25, 0.3) is 0 Å². The molecule has 1 rings (SSSR count). The van der Waals surface area contributed by atoms with Crippen molar-refractivity contribution in [1.29, 1.82) is 0 Å². The van der Waals surface area contributed by atoms with E-state index in [1.54, 1.807) is 12.1 Å². The molecule has 0 aliphatic carbocycles. The molecule has 0 bridgehead atoms. The van der Waals surface area contributed by atoms with Crippen molar-refractivity contribution in [3.63, 3.8) is 0 Å². The number of nitrogens with zero attached hydrogens (tertiary/aromatic N) is 1. The number of guanidine groups is 1. The Hall–Kier alpha value is -2.45. The summed E-state index contributed by atoms with van der Waals surface area (Å²) in [6.07, 6.45) is -4.31. The van der Waals surface area contributed by atoms with Gasteiger partial charge in [-0.3, -0.25) is 4.99 Å². The van der Waals surface area contributed by atoms with E-state index >= 15 is 0 Å². The third-order valence-corrected chi connectivity index (χ3v) is 1.87. The van der Waals surface area contributed by atoms with Gasteiger partial charge in [-0.2, -0.15) is 13.2 Å². The smallest absolute Gasteiger partial charge is 0.490 e. The highest BCUT2D eigenvalue weighted by Gasteiger charge is 2.38. The van der Waals surface area contributed by atoms with Gasteiger partial charge in [-0.15, -0.1) is 0 Å². The first kappa shape index (κ1) is 17.6. The average molecular weight is 293 g/mol. The fourth-order valence-electron chi connectivity index (χ4n) is 0.977. The summed E-state index contributed by atoms with van der Waals surface area (Å²) < 4.78 is 31.7. The number of nitrogens with two attached hydrogens (primary N) is 2. The molecule has 0 unspecified atom stereocenters. The summed E-state index contributed by atoms with van der Waals surface area (Å²) in [6.45, 7) is 0.576. The summed E-state index contributed by atoms with van der Waals surface area (Å²) in [6, 6.07) is 6.98. The Morgan fingerprint density at radius 1 is 1.20 bits per heavy atom. The van der Waals surface area contributed by atoms with Gasteiger partial charge in [-0.05, 0) is 24.1 Å². The minimum Gasteiger partial charge on any atom is -0.508 e. The fourth-order valence-corrected chi connectivity index (χ4v) is 0.977. The molecular weight excluding hydrogens is 279 g/mol. The lowest BCUT2D eigenvalue weighted by Crippen LogP contribution is -2.23. The van der Waals surface area contributed by atoms with E-state index in [1.165, 1.54) is 0 Å². The molecular formula is C11H14F3N3O3. The molecule has 0 aliphatic heterocycles. The van der Waals surface area contributed by atoms with E-state index in [0.717, 1.165) is 12.0 Å². The number of hydrogen-bond donors (Lipinski definition) is 4. The number of benzene rings is 1. The van der Waals surface area contributed by atoms with Crippen LogP contribution in [-0.2, 0) is 11.2 Å². The van der Waals surface area contributed by atoms with Gasteiger partial charge in [0.05, 0.1) is 0 Å². The number of halogens is 3. The van der Waals surface area contributed by atoms with Gasteiger partial charge >= 0.3 is 12.1 Å². The quantitative estimate of drug-likeness (QED) is 0.486. The van der Waals surface area contributed by atoms with Crippen LogP contribution in [0.3, 0.4) is 0 Å². The van der Waals surface area contributed by atoms with E-state index in [1.807, 2.05) is 12.1 Å². The maximum Gasteiger partial charge on any atom is 0.490 e. The Morgan fingerprint density at radius 3 is 2.00 bits per heavy atom. The van der Waals surface area contributed by atoms with Gasteiger partial charge in [-0.1, -0.05) is 12.1 Å². The zero-order valence-electron chi connectivity index (χ0n) is 10.3. The van der Waals surface area contributed by atoms with Crippen molar-refractivity contribution in [1.82, 2.24) is 0 Å². The molecule has 1 aromatic rings. The van der Waals surface area contributed by atoms with E-state index in [4.69, 9.17) is 26.5 Å². The molecule has 0 heterocycles. The number of hydrogen-bond acceptors (Lipinski definition) is 3. The second-order valence-electron chi connectivity index (χ2n) is 3.53. The molecule has 0 aromatic heterocycles. The van der Waals surface area contributed by atoms with Gasteiger partial charge in [0.2, 0.25) is 0 Å². The monoisotopic (exact) mass is 293 g/mol. The van der Waals surface area contributed by atoms with Gasteiger partial charge in [-0.25, -0.2) is 4.79 Å². The van der Waals surface area contributed by atoms with Gasteiger partial charge < -0.3 is 21.7 Å². The molecule has 0 saturated heterocycles. The van der Waals surface area contributed by atoms with Crippen LogP contribution in [0.1, 0.15) is 5.56 Å². The molecule has 0 radical (unpaired) electrons. The molecule has 6 N–H and O–H groups in total. The van der Waals surface area contributed by atoms with Crippen molar-refractivity contribution in [2.24, 2.45) is 16.5 Å². The van der Waals surface area contributed by atoms with Crippen LogP contribution in [0, 0.1) is 0 Å². The van der Waals surface area contributed by atoms with Crippen molar-refractivity contribution in [3.8, 4) is 5.75 Å². The van der Waals surface area contributed by atoms with Crippen molar-refractivity contribution < 1.29 is 28.2 Å². The first-order valence-electron chi connectivity index (χ1n) is 5.26. The van der Waals surface area contributed by atoms with E-state index in [2.05, 4.69) is 4.99 Å². The molecule has 0 saturated carbocycles. The van der Waals surface area contributed by atoms with Crippen LogP contribution < -0.4 is 11.5 Å². The number of carbonyl (C=O) groups is 1. The maximum absolute atomic E-state index is 10.6. The fraction of sp³-hybridized carbons (Fsp3) is 0.273. The highest BCUT2D eigenvalue weighted by molar-refractivity contribution is 5.75. The number of alkyl halides is 3. The molecule has 112 valence electrons. The second kappa shape index (κ2) is 7.87. The van der Waals surface area contributed by atoms with E-state index in [9.17, 15) is 13.2 Å². The van der Waals surface area contributed by atoms with Gasteiger partial charge in [0.1, 0.15) is 5.75 Å². The lowest BCUT2D eigenvalue weighted by molar-refractivity contribution is -0.192. The first-order chi connectivity index (χ1) is 9.12. The number of phenols is 1. The third kappa shape index (κ3) is 8.61. The topological polar surface area (TPSA) is 122 Å². The van der Waals surface area contributed by atoms with Crippen LogP contribution in [0.4, 0.5) is 13.2 Å². The van der Waals surface area contributed by atoms with Crippen LogP contribution in [0.15, 0.2) is 29.3 Å². The number of aromatic hydroxyl groups is 1. The molecule has 0 amide bonds. The van der Waals surface area contributed by atoms with Crippen LogP contribution in [0.2, 0.25) is 0 Å². The molecule has 9 heteroatoms.